The molecule has 0 fully saturated rings. The Balaban J connectivity index is 1.95. The number of hydrogen-bond donors (Lipinski definition) is 1. The van der Waals surface area contributed by atoms with Crippen molar-refractivity contribution in [1.82, 2.24) is 15.5 Å². The average molecular weight is 328 g/mol. The van der Waals surface area contributed by atoms with Crippen LogP contribution in [0.3, 0.4) is 0 Å². The Bertz CT molecular complexity index is 658. The van der Waals surface area contributed by atoms with Gasteiger partial charge in [0.15, 0.2) is 11.5 Å². The number of hydrogen-bond acceptors (Lipinski definition) is 5. The van der Waals surface area contributed by atoms with Crippen LogP contribution in [0.1, 0.15) is 35.8 Å². The molecule has 1 N–H and O–H groups in total. The van der Waals surface area contributed by atoms with Crippen molar-refractivity contribution in [3.63, 3.8) is 0 Å². The molecule has 2 aromatic rings. The molecule has 6 heteroatoms. The second kappa shape index (κ2) is 8.86. The highest BCUT2D eigenvalue weighted by molar-refractivity contribution is 5.92. The molecule has 1 amide bonds. The molecule has 0 aliphatic carbocycles. The molecule has 0 spiro atoms. The second-order valence-corrected chi connectivity index (χ2v) is 5.55. The lowest BCUT2D eigenvalue weighted by atomic mass is 10.2. The van der Waals surface area contributed by atoms with Crippen LogP contribution in [0, 0.1) is 0 Å². The fourth-order valence-corrected chi connectivity index (χ4v) is 2.27. The summed E-state index contributed by atoms with van der Waals surface area (Å²) in [6.45, 7) is 3.45. The van der Waals surface area contributed by atoms with Gasteiger partial charge in [-0.15, -0.1) is 10.2 Å². The summed E-state index contributed by atoms with van der Waals surface area (Å²) in [7, 11) is 3.58. The molecule has 0 aliphatic rings. The highest BCUT2D eigenvalue weighted by Crippen LogP contribution is 2.17. The smallest absolute Gasteiger partial charge is 0.272 e. The fourth-order valence-electron chi connectivity index (χ4n) is 2.27. The maximum Gasteiger partial charge on any atom is 0.272 e. The molecule has 0 aliphatic heterocycles. The van der Waals surface area contributed by atoms with Crippen molar-refractivity contribution in [3.05, 3.63) is 47.7 Å². The Morgan fingerprint density at radius 3 is 2.67 bits per heavy atom. The van der Waals surface area contributed by atoms with Crippen molar-refractivity contribution in [1.29, 1.82) is 0 Å². The van der Waals surface area contributed by atoms with E-state index in [1.165, 1.54) is 0 Å². The highest BCUT2D eigenvalue weighted by atomic mass is 16.5. The van der Waals surface area contributed by atoms with Crippen LogP contribution < -0.4 is 15.0 Å². The van der Waals surface area contributed by atoms with E-state index in [0.717, 1.165) is 36.5 Å². The number of benzene rings is 1. The van der Waals surface area contributed by atoms with E-state index in [-0.39, 0.29) is 5.91 Å². The summed E-state index contributed by atoms with van der Waals surface area (Å²) in [6.07, 6.45) is 2.22. The van der Waals surface area contributed by atoms with E-state index in [0.29, 0.717) is 12.2 Å². The molecular formula is C18H24N4O2. The van der Waals surface area contributed by atoms with Gasteiger partial charge in [-0.1, -0.05) is 31.5 Å². The molecule has 1 aromatic carbocycles. The molecule has 0 bridgehead atoms. The zero-order chi connectivity index (χ0) is 17.4. The summed E-state index contributed by atoms with van der Waals surface area (Å²) >= 11 is 0. The normalized spacial score (nSPS) is 10.3. The molecule has 24 heavy (non-hydrogen) atoms. The van der Waals surface area contributed by atoms with Gasteiger partial charge in [-0.3, -0.25) is 4.79 Å². The van der Waals surface area contributed by atoms with E-state index in [1.807, 2.05) is 42.3 Å². The van der Waals surface area contributed by atoms with Crippen LogP contribution in [0.2, 0.25) is 0 Å². The van der Waals surface area contributed by atoms with Gasteiger partial charge in [0.25, 0.3) is 5.91 Å². The first kappa shape index (κ1) is 17.7. The third-order valence-electron chi connectivity index (χ3n) is 3.75. The van der Waals surface area contributed by atoms with Crippen molar-refractivity contribution >= 4 is 11.7 Å². The minimum Gasteiger partial charge on any atom is -0.496 e. The van der Waals surface area contributed by atoms with E-state index < -0.39 is 0 Å². The van der Waals surface area contributed by atoms with Crippen molar-refractivity contribution in [3.8, 4) is 5.75 Å². The standard InChI is InChI=1S/C18H24N4O2/c1-4-5-12-22(2)17-11-10-15(20-21-17)18(23)19-13-14-8-6-7-9-16(14)24-3/h6-11H,4-5,12-13H2,1-3H3,(H,19,23). The quantitative estimate of drug-likeness (QED) is 0.807. The SMILES string of the molecule is CCCCN(C)c1ccc(C(=O)NCc2ccccc2OC)nn1. The lowest BCUT2D eigenvalue weighted by molar-refractivity contribution is 0.0944. The van der Waals surface area contributed by atoms with Gasteiger partial charge in [-0.25, -0.2) is 0 Å². The number of ether oxygens (including phenoxy) is 1. The Morgan fingerprint density at radius 1 is 1.21 bits per heavy atom. The van der Waals surface area contributed by atoms with Crippen molar-refractivity contribution in [2.24, 2.45) is 0 Å². The van der Waals surface area contributed by atoms with E-state index in [2.05, 4.69) is 22.4 Å². The summed E-state index contributed by atoms with van der Waals surface area (Å²) in [5.74, 6) is 1.26. The van der Waals surface area contributed by atoms with Crippen molar-refractivity contribution in [2.45, 2.75) is 26.3 Å². The van der Waals surface area contributed by atoms with Gasteiger partial charge >= 0.3 is 0 Å². The number of methoxy groups -OCH3 is 1. The zero-order valence-corrected chi connectivity index (χ0v) is 14.5. The molecule has 0 atom stereocenters. The summed E-state index contributed by atoms with van der Waals surface area (Å²) < 4.78 is 5.27. The first-order valence-electron chi connectivity index (χ1n) is 8.10. The van der Waals surface area contributed by atoms with Gasteiger partial charge in [0.05, 0.1) is 7.11 Å². The van der Waals surface area contributed by atoms with Crippen LogP contribution in [0.15, 0.2) is 36.4 Å². The third-order valence-corrected chi connectivity index (χ3v) is 3.75. The lowest BCUT2D eigenvalue weighted by Crippen LogP contribution is -2.25. The van der Waals surface area contributed by atoms with Crippen LogP contribution in [-0.4, -0.2) is 36.8 Å². The largest absolute Gasteiger partial charge is 0.496 e. The zero-order valence-electron chi connectivity index (χ0n) is 14.5. The third kappa shape index (κ3) is 4.68. The predicted octanol–water partition coefficient (Wildman–Crippen LogP) is 2.65. The van der Waals surface area contributed by atoms with E-state index in [4.69, 9.17) is 4.74 Å². The van der Waals surface area contributed by atoms with Crippen LogP contribution in [0.4, 0.5) is 5.82 Å². The number of carbonyl (C=O) groups excluding carboxylic acids is 1. The van der Waals surface area contributed by atoms with Crippen molar-refractivity contribution in [2.75, 3.05) is 25.6 Å². The molecule has 6 nitrogen and oxygen atoms in total. The predicted molar refractivity (Wildman–Crippen MR) is 94.4 cm³/mol. The number of unbranched alkanes of at least 4 members (excludes halogenated alkanes) is 1. The molecule has 128 valence electrons. The van der Waals surface area contributed by atoms with Crippen LogP contribution in [0.25, 0.3) is 0 Å². The maximum atomic E-state index is 12.2. The van der Waals surface area contributed by atoms with Crippen LogP contribution >= 0.6 is 0 Å². The monoisotopic (exact) mass is 328 g/mol. The number of amides is 1. The van der Waals surface area contributed by atoms with Gasteiger partial charge in [-0.05, 0) is 24.6 Å². The fraction of sp³-hybridized carbons (Fsp3) is 0.389. The Morgan fingerprint density at radius 2 is 2.00 bits per heavy atom. The molecular weight excluding hydrogens is 304 g/mol. The molecule has 2 rings (SSSR count). The molecule has 0 saturated carbocycles. The van der Waals surface area contributed by atoms with Gasteiger partial charge in [0, 0.05) is 25.7 Å². The number of nitrogens with one attached hydrogen (secondary N) is 1. The molecule has 1 aromatic heterocycles. The molecule has 1 heterocycles. The number of nitrogens with zero attached hydrogens (tertiary/aromatic N) is 3. The lowest BCUT2D eigenvalue weighted by Gasteiger charge is -2.16. The summed E-state index contributed by atoms with van der Waals surface area (Å²) in [5.41, 5.74) is 1.22. The van der Waals surface area contributed by atoms with Crippen LogP contribution in [-0.2, 0) is 6.54 Å². The second-order valence-electron chi connectivity index (χ2n) is 5.55. The van der Waals surface area contributed by atoms with Crippen molar-refractivity contribution < 1.29 is 9.53 Å². The minimum absolute atomic E-state index is 0.254. The Kier molecular flexibility index (Phi) is 6.54. The first-order chi connectivity index (χ1) is 11.7. The number of rotatable bonds is 8. The number of para-hydroxylation sites is 1. The highest BCUT2D eigenvalue weighted by Gasteiger charge is 2.10. The molecule has 0 saturated heterocycles. The number of aromatic nitrogens is 2. The summed E-state index contributed by atoms with van der Waals surface area (Å²) in [5, 5.41) is 11.0. The average Bonchev–Trinajstić information content (AvgIpc) is 2.64. The van der Waals surface area contributed by atoms with Gasteiger partial charge < -0.3 is 15.0 Å². The van der Waals surface area contributed by atoms with E-state index in [9.17, 15) is 4.79 Å². The van der Waals surface area contributed by atoms with Gasteiger partial charge in [0.1, 0.15) is 5.75 Å². The summed E-state index contributed by atoms with van der Waals surface area (Å²) in [6, 6.07) is 11.1. The first-order valence-corrected chi connectivity index (χ1v) is 8.10. The van der Waals surface area contributed by atoms with E-state index >= 15 is 0 Å². The summed E-state index contributed by atoms with van der Waals surface area (Å²) in [4.78, 5) is 14.2. The minimum atomic E-state index is -0.254. The maximum absolute atomic E-state index is 12.2. The number of anilines is 1. The number of carbonyl (C=O) groups is 1. The van der Waals surface area contributed by atoms with Gasteiger partial charge in [-0.2, -0.15) is 0 Å². The Labute approximate surface area is 142 Å². The van der Waals surface area contributed by atoms with Gasteiger partial charge in [0.2, 0.25) is 0 Å². The Hall–Kier alpha value is -2.63. The van der Waals surface area contributed by atoms with Crippen LogP contribution in [0.5, 0.6) is 5.75 Å². The molecule has 0 radical (unpaired) electrons. The molecule has 0 unspecified atom stereocenters. The van der Waals surface area contributed by atoms with E-state index in [1.54, 1.807) is 13.2 Å². The topological polar surface area (TPSA) is 67.4 Å².